The van der Waals surface area contributed by atoms with Crippen LogP contribution < -0.4 is 5.32 Å². The van der Waals surface area contributed by atoms with Gasteiger partial charge < -0.3 is 5.32 Å². The average Bonchev–Trinajstić information content (AvgIpc) is 2.45. The van der Waals surface area contributed by atoms with Gasteiger partial charge in [0.1, 0.15) is 0 Å². The third kappa shape index (κ3) is 3.83. The molecule has 112 valence electrons. The third-order valence-corrected chi connectivity index (χ3v) is 4.73. The first-order valence-electron chi connectivity index (χ1n) is 8.11. The van der Waals surface area contributed by atoms with Crippen LogP contribution >= 0.6 is 0 Å². The molecule has 1 atom stereocenters. The highest BCUT2D eigenvalue weighted by molar-refractivity contribution is 5.28. The zero-order valence-corrected chi connectivity index (χ0v) is 13.5. The standard InChI is InChI=1S/C18H30N2/c1-14(2)20(13-17-9-11-19-12-10-17)16(4)18-8-6-5-7-15(18)3/h5-8,14,16-17,19H,9-13H2,1-4H3. The molecule has 0 aromatic heterocycles. The Hall–Kier alpha value is -0.860. The van der Waals surface area contributed by atoms with Crippen LogP contribution in [-0.4, -0.2) is 30.6 Å². The van der Waals surface area contributed by atoms with Gasteiger partial charge >= 0.3 is 0 Å². The fraction of sp³-hybridized carbons (Fsp3) is 0.667. The van der Waals surface area contributed by atoms with Crippen molar-refractivity contribution in [3.8, 4) is 0 Å². The van der Waals surface area contributed by atoms with Crippen LogP contribution in [0, 0.1) is 12.8 Å². The average molecular weight is 274 g/mol. The van der Waals surface area contributed by atoms with E-state index in [-0.39, 0.29) is 0 Å². The van der Waals surface area contributed by atoms with Crippen molar-refractivity contribution in [3.63, 3.8) is 0 Å². The first-order valence-corrected chi connectivity index (χ1v) is 8.11. The van der Waals surface area contributed by atoms with Crippen molar-refractivity contribution in [2.45, 2.75) is 52.6 Å². The SMILES string of the molecule is Cc1ccccc1C(C)N(CC1CCNCC1)C(C)C. The van der Waals surface area contributed by atoms with Gasteiger partial charge in [-0.15, -0.1) is 0 Å². The largest absolute Gasteiger partial charge is 0.317 e. The lowest BCUT2D eigenvalue weighted by molar-refractivity contribution is 0.124. The summed E-state index contributed by atoms with van der Waals surface area (Å²) in [6, 6.07) is 9.93. The molecule has 20 heavy (non-hydrogen) atoms. The van der Waals surface area contributed by atoms with Crippen molar-refractivity contribution in [1.82, 2.24) is 10.2 Å². The van der Waals surface area contributed by atoms with E-state index in [0.717, 1.165) is 5.92 Å². The summed E-state index contributed by atoms with van der Waals surface area (Å²) in [5, 5.41) is 3.47. The molecular weight excluding hydrogens is 244 g/mol. The summed E-state index contributed by atoms with van der Waals surface area (Å²) in [7, 11) is 0. The summed E-state index contributed by atoms with van der Waals surface area (Å²) in [6.45, 7) is 12.9. The smallest absolute Gasteiger partial charge is 0.0325 e. The van der Waals surface area contributed by atoms with Gasteiger partial charge in [0.05, 0.1) is 0 Å². The second kappa shape index (κ2) is 7.24. The van der Waals surface area contributed by atoms with Crippen molar-refractivity contribution in [1.29, 1.82) is 0 Å². The molecule has 2 rings (SSSR count). The molecule has 1 heterocycles. The Labute approximate surface area is 124 Å². The fourth-order valence-corrected chi connectivity index (χ4v) is 3.41. The molecule has 1 aliphatic rings. The van der Waals surface area contributed by atoms with Gasteiger partial charge in [0.25, 0.3) is 0 Å². The van der Waals surface area contributed by atoms with Gasteiger partial charge in [-0.25, -0.2) is 0 Å². The van der Waals surface area contributed by atoms with Crippen molar-refractivity contribution >= 4 is 0 Å². The molecule has 1 N–H and O–H groups in total. The summed E-state index contributed by atoms with van der Waals surface area (Å²) < 4.78 is 0. The van der Waals surface area contributed by atoms with Crippen LogP contribution in [-0.2, 0) is 0 Å². The van der Waals surface area contributed by atoms with E-state index in [9.17, 15) is 0 Å². The van der Waals surface area contributed by atoms with E-state index in [2.05, 4.69) is 62.2 Å². The van der Waals surface area contributed by atoms with Gasteiger partial charge in [0.2, 0.25) is 0 Å². The van der Waals surface area contributed by atoms with Crippen LogP contribution in [0.3, 0.4) is 0 Å². The highest BCUT2D eigenvalue weighted by Gasteiger charge is 2.24. The second-order valence-corrected chi connectivity index (χ2v) is 6.52. The second-order valence-electron chi connectivity index (χ2n) is 6.52. The number of hydrogen-bond donors (Lipinski definition) is 1. The molecule has 0 radical (unpaired) electrons. The predicted octanol–water partition coefficient (Wildman–Crippen LogP) is 3.77. The topological polar surface area (TPSA) is 15.3 Å². The molecule has 1 unspecified atom stereocenters. The molecule has 1 fully saturated rings. The summed E-state index contributed by atoms with van der Waals surface area (Å²) in [5.41, 5.74) is 2.89. The number of nitrogens with zero attached hydrogens (tertiary/aromatic N) is 1. The summed E-state index contributed by atoms with van der Waals surface area (Å²) >= 11 is 0. The van der Waals surface area contributed by atoms with Crippen molar-refractivity contribution < 1.29 is 0 Å². The Morgan fingerprint density at radius 3 is 2.40 bits per heavy atom. The summed E-state index contributed by atoms with van der Waals surface area (Å²) in [5.74, 6) is 0.852. The van der Waals surface area contributed by atoms with Crippen LogP contribution in [0.2, 0.25) is 0 Å². The maximum atomic E-state index is 3.47. The maximum Gasteiger partial charge on any atom is 0.0325 e. The Bertz CT molecular complexity index is 408. The van der Waals surface area contributed by atoms with E-state index in [1.165, 1.54) is 43.6 Å². The first kappa shape index (κ1) is 15.5. The highest BCUT2D eigenvalue weighted by atomic mass is 15.2. The lowest BCUT2D eigenvalue weighted by atomic mass is 9.94. The molecule has 1 saturated heterocycles. The van der Waals surface area contributed by atoms with E-state index >= 15 is 0 Å². The van der Waals surface area contributed by atoms with E-state index in [1.807, 2.05) is 0 Å². The quantitative estimate of drug-likeness (QED) is 0.879. The lowest BCUT2D eigenvalue weighted by Gasteiger charge is -2.37. The maximum absolute atomic E-state index is 3.47. The van der Waals surface area contributed by atoms with Gasteiger partial charge in [-0.2, -0.15) is 0 Å². The van der Waals surface area contributed by atoms with Gasteiger partial charge in [-0.1, -0.05) is 24.3 Å². The van der Waals surface area contributed by atoms with E-state index in [0.29, 0.717) is 12.1 Å². The zero-order chi connectivity index (χ0) is 14.5. The minimum Gasteiger partial charge on any atom is -0.317 e. The van der Waals surface area contributed by atoms with Gasteiger partial charge in [0, 0.05) is 18.6 Å². The minimum atomic E-state index is 0.506. The van der Waals surface area contributed by atoms with E-state index in [1.54, 1.807) is 0 Å². The van der Waals surface area contributed by atoms with Crippen LogP contribution in [0.1, 0.15) is 50.8 Å². The normalized spacial score (nSPS) is 18.7. The Morgan fingerprint density at radius 2 is 1.80 bits per heavy atom. The monoisotopic (exact) mass is 274 g/mol. The molecule has 0 saturated carbocycles. The number of aryl methyl sites for hydroxylation is 1. The third-order valence-electron chi connectivity index (χ3n) is 4.73. The minimum absolute atomic E-state index is 0.506. The van der Waals surface area contributed by atoms with Crippen LogP contribution in [0.4, 0.5) is 0 Å². The van der Waals surface area contributed by atoms with E-state index in [4.69, 9.17) is 0 Å². The fourth-order valence-electron chi connectivity index (χ4n) is 3.41. The number of rotatable bonds is 5. The number of benzene rings is 1. The molecule has 2 heteroatoms. The molecular formula is C18H30N2. The first-order chi connectivity index (χ1) is 9.59. The molecule has 2 nitrogen and oxygen atoms in total. The van der Waals surface area contributed by atoms with Gasteiger partial charge in [-0.05, 0) is 70.7 Å². The molecule has 0 aliphatic carbocycles. The van der Waals surface area contributed by atoms with Crippen molar-refractivity contribution in [3.05, 3.63) is 35.4 Å². The Morgan fingerprint density at radius 1 is 1.15 bits per heavy atom. The number of nitrogens with one attached hydrogen (secondary N) is 1. The molecule has 1 aromatic carbocycles. The van der Waals surface area contributed by atoms with Crippen molar-refractivity contribution in [2.24, 2.45) is 5.92 Å². The number of piperidine rings is 1. The van der Waals surface area contributed by atoms with Crippen molar-refractivity contribution in [2.75, 3.05) is 19.6 Å². The van der Waals surface area contributed by atoms with Crippen LogP contribution in [0.25, 0.3) is 0 Å². The highest BCUT2D eigenvalue weighted by Crippen LogP contribution is 2.27. The summed E-state index contributed by atoms with van der Waals surface area (Å²) in [4.78, 5) is 2.68. The number of hydrogen-bond acceptors (Lipinski definition) is 2. The molecule has 1 aliphatic heterocycles. The van der Waals surface area contributed by atoms with E-state index < -0.39 is 0 Å². The van der Waals surface area contributed by atoms with Crippen LogP contribution in [0.15, 0.2) is 24.3 Å². The lowest BCUT2D eigenvalue weighted by Crippen LogP contribution is -2.40. The van der Waals surface area contributed by atoms with Gasteiger partial charge in [-0.3, -0.25) is 4.90 Å². The Balaban J connectivity index is 2.09. The molecule has 0 amide bonds. The summed E-state index contributed by atoms with van der Waals surface area (Å²) in [6.07, 6.45) is 2.65. The molecule has 0 spiro atoms. The Kier molecular flexibility index (Phi) is 5.62. The zero-order valence-electron chi connectivity index (χ0n) is 13.5. The van der Waals surface area contributed by atoms with Gasteiger partial charge in [0.15, 0.2) is 0 Å². The molecule has 1 aromatic rings. The predicted molar refractivity (Wildman–Crippen MR) is 87.0 cm³/mol. The van der Waals surface area contributed by atoms with Crippen LogP contribution in [0.5, 0.6) is 0 Å². The molecule has 0 bridgehead atoms.